The summed E-state index contributed by atoms with van der Waals surface area (Å²) in [5.74, 6) is 0.865. The van der Waals surface area contributed by atoms with Crippen molar-refractivity contribution in [3.63, 3.8) is 0 Å². The first kappa shape index (κ1) is 11.9. The first-order valence-corrected chi connectivity index (χ1v) is 6.91. The highest BCUT2D eigenvalue weighted by Gasteiger charge is 2.19. The average Bonchev–Trinajstić information content (AvgIpc) is 2.41. The van der Waals surface area contributed by atoms with Gasteiger partial charge >= 0.3 is 0 Å². The number of rotatable bonds is 1. The van der Waals surface area contributed by atoms with E-state index in [0.717, 1.165) is 29.8 Å². The molecule has 0 bridgehead atoms. The summed E-state index contributed by atoms with van der Waals surface area (Å²) in [6.07, 6.45) is 2.73. The van der Waals surface area contributed by atoms with Crippen LogP contribution in [0, 0.1) is 0 Å². The van der Waals surface area contributed by atoms with E-state index in [1.165, 1.54) is 11.1 Å². The lowest BCUT2D eigenvalue weighted by Crippen LogP contribution is -2.31. The van der Waals surface area contributed by atoms with Crippen LogP contribution in [0.3, 0.4) is 0 Å². The number of fused-ring (bicyclic) bond motifs is 1. The molecular formula is C13H11BrClN3. The lowest BCUT2D eigenvalue weighted by atomic mass is 10.00. The maximum absolute atomic E-state index is 5.87. The third-order valence-corrected chi connectivity index (χ3v) is 3.87. The molecule has 0 saturated heterocycles. The number of benzene rings is 1. The second kappa shape index (κ2) is 4.86. The third kappa shape index (κ3) is 2.22. The van der Waals surface area contributed by atoms with Crippen LogP contribution in [0.5, 0.6) is 0 Å². The molecule has 1 aliphatic heterocycles. The van der Waals surface area contributed by atoms with Crippen molar-refractivity contribution in [3.8, 4) is 0 Å². The fourth-order valence-corrected chi connectivity index (χ4v) is 2.81. The molecule has 5 heteroatoms. The summed E-state index contributed by atoms with van der Waals surface area (Å²) in [5.41, 5.74) is 2.77. The van der Waals surface area contributed by atoms with Crippen LogP contribution in [0.1, 0.15) is 11.1 Å². The largest absolute Gasteiger partial charge is 0.351 e. The maximum atomic E-state index is 5.87. The van der Waals surface area contributed by atoms with Crippen molar-refractivity contribution in [2.75, 3.05) is 11.4 Å². The first-order chi connectivity index (χ1) is 8.74. The summed E-state index contributed by atoms with van der Waals surface area (Å²) in [5, 5.41) is 0.284. The molecule has 2 aromatic rings. The van der Waals surface area contributed by atoms with Gasteiger partial charge in [0.25, 0.3) is 0 Å². The van der Waals surface area contributed by atoms with Crippen molar-refractivity contribution >= 4 is 33.3 Å². The summed E-state index contributed by atoms with van der Waals surface area (Å²) >= 11 is 9.35. The van der Waals surface area contributed by atoms with Crippen LogP contribution in [-0.4, -0.2) is 16.5 Å². The first-order valence-electron chi connectivity index (χ1n) is 5.74. The van der Waals surface area contributed by atoms with E-state index < -0.39 is 0 Å². The van der Waals surface area contributed by atoms with Crippen LogP contribution in [0.4, 0.5) is 5.82 Å². The fourth-order valence-electron chi connectivity index (χ4n) is 2.24. The van der Waals surface area contributed by atoms with Gasteiger partial charge in [0.1, 0.15) is 5.82 Å². The molecule has 0 atom stereocenters. The minimum atomic E-state index is 0.284. The predicted molar refractivity (Wildman–Crippen MR) is 75.9 cm³/mol. The fraction of sp³-hybridized carbons (Fsp3) is 0.231. The van der Waals surface area contributed by atoms with Gasteiger partial charge in [-0.2, -0.15) is 4.98 Å². The summed E-state index contributed by atoms with van der Waals surface area (Å²) in [6.45, 7) is 1.81. The Labute approximate surface area is 119 Å². The van der Waals surface area contributed by atoms with Crippen molar-refractivity contribution < 1.29 is 0 Å². The minimum absolute atomic E-state index is 0.284. The van der Waals surface area contributed by atoms with Gasteiger partial charge in [-0.3, -0.25) is 0 Å². The highest BCUT2D eigenvalue weighted by molar-refractivity contribution is 9.10. The van der Waals surface area contributed by atoms with Gasteiger partial charge in [-0.05, 0) is 45.1 Å². The Morgan fingerprint density at radius 3 is 2.83 bits per heavy atom. The average molecular weight is 325 g/mol. The van der Waals surface area contributed by atoms with Crippen LogP contribution in [0.2, 0.25) is 5.28 Å². The zero-order valence-electron chi connectivity index (χ0n) is 9.61. The molecule has 18 heavy (non-hydrogen) atoms. The van der Waals surface area contributed by atoms with Gasteiger partial charge in [0.2, 0.25) is 5.28 Å². The van der Waals surface area contributed by atoms with Crippen molar-refractivity contribution in [3.05, 3.63) is 51.3 Å². The van der Waals surface area contributed by atoms with Crippen LogP contribution < -0.4 is 4.90 Å². The highest BCUT2D eigenvalue weighted by Crippen LogP contribution is 2.29. The van der Waals surface area contributed by atoms with Gasteiger partial charge in [0, 0.05) is 19.3 Å². The Morgan fingerprint density at radius 1 is 1.22 bits per heavy atom. The van der Waals surface area contributed by atoms with Crippen LogP contribution in [-0.2, 0) is 13.0 Å². The summed E-state index contributed by atoms with van der Waals surface area (Å²) in [6, 6.07) is 8.52. The molecule has 0 N–H and O–H groups in total. The van der Waals surface area contributed by atoms with E-state index in [2.05, 4.69) is 55.1 Å². The molecule has 0 spiro atoms. The van der Waals surface area contributed by atoms with E-state index in [1.807, 2.05) is 0 Å². The van der Waals surface area contributed by atoms with Crippen molar-refractivity contribution in [2.45, 2.75) is 13.0 Å². The van der Waals surface area contributed by atoms with Gasteiger partial charge in [-0.25, -0.2) is 4.98 Å². The standard InChI is InChI=1S/C13H11BrClN3/c14-11-7-16-13(15)17-12(11)18-6-5-9-3-1-2-4-10(9)8-18/h1-4,7H,5-6,8H2. The SMILES string of the molecule is Clc1ncc(Br)c(N2CCc3ccccc3C2)n1. The molecule has 0 fully saturated rings. The summed E-state index contributed by atoms with van der Waals surface area (Å²) < 4.78 is 0.881. The van der Waals surface area contributed by atoms with E-state index >= 15 is 0 Å². The molecular weight excluding hydrogens is 314 g/mol. The molecule has 1 aromatic heterocycles. The van der Waals surface area contributed by atoms with Gasteiger partial charge in [0.15, 0.2) is 0 Å². The monoisotopic (exact) mass is 323 g/mol. The van der Waals surface area contributed by atoms with Crippen molar-refractivity contribution in [2.24, 2.45) is 0 Å². The Hall–Kier alpha value is -1.13. The minimum Gasteiger partial charge on any atom is -0.351 e. The lowest BCUT2D eigenvalue weighted by Gasteiger charge is -2.30. The molecule has 0 amide bonds. The van der Waals surface area contributed by atoms with Crippen LogP contribution in [0.15, 0.2) is 34.9 Å². The molecule has 1 aromatic carbocycles. The van der Waals surface area contributed by atoms with Crippen LogP contribution >= 0.6 is 27.5 Å². The number of aromatic nitrogens is 2. The van der Waals surface area contributed by atoms with Crippen molar-refractivity contribution in [1.29, 1.82) is 0 Å². The number of halogens is 2. The predicted octanol–water partition coefficient (Wildman–Crippen LogP) is 3.46. The molecule has 1 aliphatic rings. The normalized spacial score (nSPS) is 14.4. The lowest BCUT2D eigenvalue weighted by molar-refractivity contribution is 0.717. The molecule has 0 saturated carbocycles. The zero-order chi connectivity index (χ0) is 12.5. The number of nitrogens with zero attached hydrogens (tertiary/aromatic N) is 3. The third-order valence-electron chi connectivity index (χ3n) is 3.13. The molecule has 92 valence electrons. The van der Waals surface area contributed by atoms with Crippen molar-refractivity contribution in [1.82, 2.24) is 9.97 Å². The maximum Gasteiger partial charge on any atom is 0.224 e. The second-order valence-electron chi connectivity index (χ2n) is 4.25. The van der Waals surface area contributed by atoms with Gasteiger partial charge in [-0.15, -0.1) is 0 Å². The van der Waals surface area contributed by atoms with E-state index in [1.54, 1.807) is 6.20 Å². The molecule has 2 heterocycles. The Kier molecular flexibility index (Phi) is 3.22. The van der Waals surface area contributed by atoms with Gasteiger partial charge in [0.05, 0.1) is 4.47 Å². The molecule has 0 aliphatic carbocycles. The zero-order valence-corrected chi connectivity index (χ0v) is 11.9. The highest BCUT2D eigenvalue weighted by atomic mass is 79.9. The number of anilines is 1. The van der Waals surface area contributed by atoms with Crippen LogP contribution in [0.25, 0.3) is 0 Å². The number of hydrogen-bond acceptors (Lipinski definition) is 3. The van der Waals surface area contributed by atoms with E-state index in [-0.39, 0.29) is 5.28 Å². The Balaban J connectivity index is 1.94. The van der Waals surface area contributed by atoms with E-state index in [4.69, 9.17) is 11.6 Å². The summed E-state index contributed by atoms with van der Waals surface area (Å²) in [7, 11) is 0. The summed E-state index contributed by atoms with van der Waals surface area (Å²) in [4.78, 5) is 10.5. The topological polar surface area (TPSA) is 29.0 Å². The molecule has 0 unspecified atom stereocenters. The van der Waals surface area contributed by atoms with Gasteiger partial charge < -0.3 is 4.90 Å². The second-order valence-corrected chi connectivity index (χ2v) is 5.44. The Morgan fingerprint density at radius 2 is 2.00 bits per heavy atom. The van der Waals surface area contributed by atoms with E-state index in [0.29, 0.717) is 0 Å². The quantitative estimate of drug-likeness (QED) is 0.752. The Bertz CT molecular complexity index is 588. The van der Waals surface area contributed by atoms with Gasteiger partial charge in [-0.1, -0.05) is 24.3 Å². The molecule has 0 radical (unpaired) electrons. The van der Waals surface area contributed by atoms with E-state index in [9.17, 15) is 0 Å². The smallest absolute Gasteiger partial charge is 0.224 e. The molecule has 3 rings (SSSR count). The number of hydrogen-bond donors (Lipinski definition) is 0. The molecule has 3 nitrogen and oxygen atoms in total.